The number of anilines is 2. The second kappa shape index (κ2) is 6.39. The second-order valence-corrected chi connectivity index (χ2v) is 5.91. The highest BCUT2D eigenvalue weighted by atomic mass is 19.4. The number of alkyl halides is 3. The average Bonchev–Trinajstić information content (AvgIpc) is 3.20. The number of carbonyl (C=O) groups excluding carboxylic acids is 1. The molecule has 0 spiro atoms. The van der Waals surface area contributed by atoms with E-state index in [0.717, 1.165) is 44.5 Å². The van der Waals surface area contributed by atoms with E-state index in [0.29, 0.717) is 18.7 Å². The van der Waals surface area contributed by atoms with Crippen molar-refractivity contribution in [1.82, 2.24) is 0 Å². The van der Waals surface area contributed by atoms with E-state index in [2.05, 4.69) is 5.32 Å². The fraction of sp³-hybridized carbons (Fsp3) is 0.562. The molecule has 3 rings (SSSR count). The Bertz CT molecular complexity index is 577. The summed E-state index contributed by atoms with van der Waals surface area (Å²) in [5, 5.41) is 2.64. The number of halogens is 3. The molecule has 0 unspecified atom stereocenters. The first-order valence-corrected chi connectivity index (χ1v) is 7.84. The summed E-state index contributed by atoms with van der Waals surface area (Å²) in [6, 6.07) is 3.52. The van der Waals surface area contributed by atoms with Gasteiger partial charge in [-0.3, -0.25) is 4.79 Å². The van der Waals surface area contributed by atoms with Crippen LogP contribution in [0, 0.1) is 0 Å². The molecule has 2 aliphatic rings. The zero-order valence-corrected chi connectivity index (χ0v) is 12.7. The predicted molar refractivity (Wildman–Crippen MR) is 80.5 cm³/mol. The lowest BCUT2D eigenvalue weighted by Gasteiger charge is -2.23. The molecule has 2 saturated heterocycles. The molecule has 1 amide bonds. The Kier molecular flexibility index (Phi) is 4.48. The zero-order chi connectivity index (χ0) is 16.4. The van der Waals surface area contributed by atoms with Crippen molar-refractivity contribution in [1.29, 1.82) is 0 Å². The first-order valence-electron chi connectivity index (χ1n) is 7.84. The van der Waals surface area contributed by atoms with Crippen LogP contribution in [0.2, 0.25) is 0 Å². The van der Waals surface area contributed by atoms with Gasteiger partial charge in [0.2, 0.25) is 0 Å². The van der Waals surface area contributed by atoms with Crippen molar-refractivity contribution in [2.45, 2.75) is 38.0 Å². The minimum Gasteiger partial charge on any atom is -0.370 e. The third-order valence-corrected chi connectivity index (χ3v) is 4.25. The Morgan fingerprint density at radius 3 is 2.57 bits per heavy atom. The van der Waals surface area contributed by atoms with Crippen LogP contribution in [0.5, 0.6) is 0 Å². The summed E-state index contributed by atoms with van der Waals surface area (Å²) in [5.74, 6) is -0.373. The summed E-state index contributed by atoms with van der Waals surface area (Å²) in [5.41, 5.74) is 0.0900. The molecular formula is C16H19F3N2O2. The molecule has 2 aliphatic heterocycles. The van der Waals surface area contributed by atoms with Gasteiger partial charge in [0.1, 0.15) is 6.10 Å². The lowest BCUT2D eigenvalue weighted by molar-refractivity contribution is -0.137. The van der Waals surface area contributed by atoms with Crippen LogP contribution in [-0.2, 0) is 15.7 Å². The van der Waals surface area contributed by atoms with Crippen LogP contribution >= 0.6 is 0 Å². The largest absolute Gasteiger partial charge is 0.416 e. The maximum atomic E-state index is 13.0. The second-order valence-electron chi connectivity index (χ2n) is 5.91. The Morgan fingerprint density at radius 1 is 1.22 bits per heavy atom. The van der Waals surface area contributed by atoms with E-state index in [1.165, 1.54) is 6.07 Å². The molecule has 2 heterocycles. The molecule has 1 atom stereocenters. The number of nitrogens with one attached hydrogen (secondary N) is 1. The molecule has 0 saturated carbocycles. The van der Waals surface area contributed by atoms with Crippen LogP contribution in [0.1, 0.15) is 31.2 Å². The Morgan fingerprint density at radius 2 is 1.96 bits per heavy atom. The van der Waals surface area contributed by atoms with Gasteiger partial charge in [-0.2, -0.15) is 13.2 Å². The summed E-state index contributed by atoms with van der Waals surface area (Å²) in [7, 11) is 0. The molecule has 0 aliphatic carbocycles. The van der Waals surface area contributed by atoms with Gasteiger partial charge in [0.15, 0.2) is 0 Å². The Hall–Kier alpha value is -1.76. The molecule has 1 aromatic rings. The van der Waals surface area contributed by atoms with E-state index in [-0.39, 0.29) is 11.6 Å². The standard InChI is InChI=1S/C16H19F3N2O2/c17-16(18,19)11-5-6-13(21-7-1-2-8-21)12(10-11)20-15(22)14-4-3-9-23-14/h5-6,10,14H,1-4,7-9H2,(H,20,22)/t14-/m1/s1. The Balaban J connectivity index is 1.88. The van der Waals surface area contributed by atoms with Gasteiger partial charge in [-0.15, -0.1) is 0 Å². The number of ether oxygens (including phenoxy) is 1. The summed E-state index contributed by atoms with van der Waals surface area (Å²) in [6.07, 6.45) is -1.62. The number of hydrogen-bond acceptors (Lipinski definition) is 3. The summed E-state index contributed by atoms with van der Waals surface area (Å²) < 4.78 is 44.2. The number of carbonyl (C=O) groups is 1. The van der Waals surface area contributed by atoms with Crippen molar-refractivity contribution in [3.8, 4) is 0 Å². The highest BCUT2D eigenvalue weighted by Gasteiger charge is 2.32. The van der Waals surface area contributed by atoms with E-state index in [9.17, 15) is 18.0 Å². The first-order chi connectivity index (χ1) is 10.9. The first kappa shape index (κ1) is 16.1. The maximum absolute atomic E-state index is 13.0. The molecule has 7 heteroatoms. The van der Waals surface area contributed by atoms with Gasteiger partial charge >= 0.3 is 6.18 Å². The highest BCUT2D eigenvalue weighted by Crippen LogP contribution is 2.36. The van der Waals surface area contributed by atoms with Crippen molar-refractivity contribution in [3.05, 3.63) is 23.8 Å². The summed E-state index contributed by atoms with van der Waals surface area (Å²) in [6.45, 7) is 2.09. The fourth-order valence-electron chi connectivity index (χ4n) is 3.04. The summed E-state index contributed by atoms with van der Waals surface area (Å²) in [4.78, 5) is 14.2. The van der Waals surface area contributed by atoms with Gasteiger partial charge in [0.25, 0.3) is 5.91 Å². The van der Waals surface area contributed by atoms with Crippen LogP contribution in [0.4, 0.5) is 24.5 Å². The third-order valence-electron chi connectivity index (χ3n) is 4.25. The van der Waals surface area contributed by atoms with Gasteiger partial charge in [-0.1, -0.05) is 0 Å². The molecular weight excluding hydrogens is 309 g/mol. The molecule has 0 bridgehead atoms. The molecule has 126 valence electrons. The minimum atomic E-state index is -4.44. The molecule has 2 fully saturated rings. The quantitative estimate of drug-likeness (QED) is 0.924. The van der Waals surface area contributed by atoms with Crippen LogP contribution in [0.3, 0.4) is 0 Å². The molecule has 23 heavy (non-hydrogen) atoms. The van der Waals surface area contributed by atoms with E-state index in [1.807, 2.05) is 4.90 Å². The third kappa shape index (κ3) is 3.60. The molecule has 1 aromatic carbocycles. The van der Waals surface area contributed by atoms with Gasteiger partial charge in [-0.05, 0) is 43.9 Å². The molecule has 1 N–H and O–H groups in total. The number of hydrogen-bond donors (Lipinski definition) is 1. The lowest BCUT2D eigenvalue weighted by atomic mass is 10.1. The fourth-order valence-corrected chi connectivity index (χ4v) is 3.04. The monoisotopic (exact) mass is 328 g/mol. The van der Waals surface area contributed by atoms with Gasteiger partial charge in [0, 0.05) is 19.7 Å². The SMILES string of the molecule is O=C(Nc1cc(C(F)(F)F)ccc1N1CCCC1)[C@H]1CCCO1. The van der Waals surface area contributed by atoms with Crippen molar-refractivity contribution < 1.29 is 22.7 Å². The van der Waals surface area contributed by atoms with Crippen molar-refractivity contribution in [2.75, 3.05) is 29.9 Å². The minimum absolute atomic E-state index is 0.210. The van der Waals surface area contributed by atoms with Crippen LogP contribution in [-0.4, -0.2) is 31.7 Å². The topological polar surface area (TPSA) is 41.6 Å². The molecule has 0 aromatic heterocycles. The predicted octanol–water partition coefficient (Wildman–Crippen LogP) is 3.42. The number of benzene rings is 1. The lowest BCUT2D eigenvalue weighted by Crippen LogP contribution is -2.28. The van der Waals surface area contributed by atoms with Crippen molar-refractivity contribution in [2.24, 2.45) is 0 Å². The maximum Gasteiger partial charge on any atom is 0.416 e. The van der Waals surface area contributed by atoms with Crippen LogP contribution < -0.4 is 10.2 Å². The van der Waals surface area contributed by atoms with E-state index < -0.39 is 17.8 Å². The summed E-state index contributed by atoms with van der Waals surface area (Å²) >= 11 is 0. The van der Waals surface area contributed by atoms with Gasteiger partial charge in [-0.25, -0.2) is 0 Å². The molecule has 0 radical (unpaired) electrons. The van der Waals surface area contributed by atoms with E-state index in [1.54, 1.807) is 0 Å². The van der Waals surface area contributed by atoms with Crippen molar-refractivity contribution >= 4 is 17.3 Å². The Labute approximate surface area is 132 Å². The number of nitrogens with zero attached hydrogens (tertiary/aromatic N) is 1. The number of rotatable bonds is 3. The van der Waals surface area contributed by atoms with E-state index >= 15 is 0 Å². The van der Waals surface area contributed by atoms with Crippen LogP contribution in [0.15, 0.2) is 18.2 Å². The highest BCUT2D eigenvalue weighted by molar-refractivity contribution is 5.97. The van der Waals surface area contributed by atoms with Crippen molar-refractivity contribution in [3.63, 3.8) is 0 Å². The zero-order valence-electron chi connectivity index (χ0n) is 12.7. The average molecular weight is 328 g/mol. The number of amides is 1. The van der Waals surface area contributed by atoms with Gasteiger partial charge < -0.3 is 15.0 Å². The van der Waals surface area contributed by atoms with Crippen LogP contribution in [0.25, 0.3) is 0 Å². The smallest absolute Gasteiger partial charge is 0.370 e. The van der Waals surface area contributed by atoms with Gasteiger partial charge in [0.05, 0.1) is 16.9 Å². The normalized spacial score (nSPS) is 21.7. The van der Waals surface area contributed by atoms with E-state index in [4.69, 9.17) is 4.74 Å². The molecule has 4 nitrogen and oxygen atoms in total.